The van der Waals surface area contributed by atoms with Gasteiger partial charge in [-0.1, -0.05) is 37.3 Å². The van der Waals surface area contributed by atoms with E-state index in [-0.39, 0.29) is 17.7 Å². The third-order valence-corrected chi connectivity index (χ3v) is 6.09. The van der Waals surface area contributed by atoms with Gasteiger partial charge in [-0.25, -0.2) is 4.79 Å². The number of carboxylic acid groups (broad SMARTS) is 1. The first-order valence-electron chi connectivity index (χ1n) is 12.3. The number of ether oxygens (including phenoxy) is 2. The molecule has 2 N–H and O–H groups in total. The van der Waals surface area contributed by atoms with Crippen molar-refractivity contribution in [2.45, 2.75) is 25.4 Å². The predicted molar refractivity (Wildman–Crippen MR) is 138 cm³/mol. The van der Waals surface area contributed by atoms with Gasteiger partial charge in [0.2, 0.25) is 5.91 Å². The van der Waals surface area contributed by atoms with E-state index in [1.165, 1.54) is 0 Å². The monoisotopic (exact) mass is 553 g/mol. The molecule has 12 heteroatoms. The minimum absolute atomic E-state index is 0.0870. The largest absolute Gasteiger partial charge is 0.493 e. The number of piperazine rings is 1. The quantitative estimate of drug-likeness (QED) is 0.490. The smallest absolute Gasteiger partial charge is 0.490 e. The molecule has 1 saturated heterocycles. The SMILES string of the molecule is COc1ccc(C(=O)N(CCC(=O)N2CCNCC2)CC(C)c2ccccc2)cc1OC.O=C(O)C(F)(F)F. The van der Waals surface area contributed by atoms with Gasteiger partial charge in [-0.2, -0.15) is 13.2 Å². The second kappa shape index (κ2) is 15.0. The Morgan fingerprint density at radius 1 is 1.03 bits per heavy atom. The van der Waals surface area contributed by atoms with Crippen LogP contribution in [0.4, 0.5) is 13.2 Å². The van der Waals surface area contributed by atoms with Crippen molar-refractivity contribution in [3.8, 4) is 11.5 Å². The summed E-state index contributed by atoms with van der Waals surface area (Å²) in [5.41, 5.74) is 1.67. The van der Waals surface area contributed by atoms with Crippen LogP contribution >= 0.6 is 0 Å². The molecule has 2 amide bonds. The highest BCUT2D eigenvalue weighted by molar-refractivity contribution is 5.95. The fraction of sp³-hybridized carbons (Fsp3) is 0.444. The zero-order valence-electron chi connectivity index (χ0n) is 22.2. The van der Waals surface area contributed by atoms with Crippen LogP contribution in [0.1, 0.15) is 35.2 Å². The molecule has 1 unspecified atom stereocenters. The van der Waals surface area contributed by atoms with Crippen molar-refractivity contribution in [1.29, 1.82) is 0 Å². The second-order valence-electron chi connectivity index (χ2n) is 8.82. The fourth-order valence-electron chi connectivity index (χ4n) is 3.95. The standard InChI is InChI=1S/C25H33N3O4.C2HF3O2/c1-19(20-7-5-4-6-8-20)18-28(14-11-24(29)27-15-12-26-13-16-27)25(30)21-9-10-22(31-2)23(17-21)32-3;3-2(4,5)1(6)7/h4-10,17,19,26H,11-16,18H2,1-3H3;(H,6,7). The number of carbonyl (C=O) groups is 3. The number of hydrogen-bond acceptors (Lipinski definition) is 6. The Balaban J connectivity index is 0.000000673. The summed E-state index contributed by atoms with van der Waals surface area (Å²) in [4.78, 5) is 38.7. The molecule has 0 aromatic heterocycles. The Bertz CT molecular complexity index is 1090. The number of hydrogen-bond donors (Lipinski definition) is 2. The lowest BCUT2D eigenvalue weighted by Gasteiger charge is -2.30. The van der Waals surface area contributed by atoms with E-state index in [0.717, 1.165) is 18.7 Å². The van der Waals surface area contributed by atoms with E-state index in [2.05, 4.69) is 24.4 Å². The van der Waals surface area contributed by atoms with Crippen molar-refractivity contribution < 1.29 is 42.1 Å². The molecule has 1 aliphatic rings. The molecular weight excluding hydrogens is 519 g/mol. The zero-order chi connectivity index (χ0) is 29.0. The summed E-state index contributed by atoms with van der Waals surface area (Å²) in [5.74, 6) is -1.58. The van der Waals surface area contributed by atoms with Crippen LogP contribution in [0, 0.1) is 0 Å². The molecule has 0 radical (unpaired) electrons. The topological polar surface area (TPSA) is 108 Å². The molecule has 39 heavy (non-hydrogen) atoms. The molecule has 9 nitrogen and oxygen atoms in total. The Kier molecular flexibility index (Phi) is 12.1. The number of nitrogens with zero attached hydrogens (tertiary/aromatic N) is 2. The van der Waals surface area contributed by atoms with Gasteiger partial charge in [0, 0.05) is 51.3 Å². The first kappa shape index (κ1) is 31.4. The Morgan fingerprint density at radius 2 is 1.62 bits per heavy atom. The normalized spacial score (nSPS) is 13.9. The molecule has 0 spiro atoms. The molecule has 0 saturated carbocycles. The van der Waals surface area contributed by atoms with Crippen molar-refractivity contribution >= 4 is 17.8 Å². The molecule has 1 atom stereocenters. The van der Waals surface area contributed by atoms with E-state index in [9.17, 15) is 22.8 Å². The molecule has 0 aliphatic carbocycles. The lowest BCUT2D eigenvalue weighted by Crippen LogP contribution is -2.47. The van der Waals surface area contributed by atoms with E-state index < -0.39 is 12.1 Å². The number of amides is 2. The van der Waals surface area contributed by atoms with Crippen LogP contribution in [0.5, 0.6) is 11.5 Å². The maximum absolute atomic E-state index is 13.5. The molecule has 3 rings (SSSR count). The van der Waals surface area contributed by atoms with Gasteiger partial charge in [-0.3, -0.25) is 9.59 Å². The molecule has 2 aromatic rings. The average Bonchev–Trinajstić information content (AvgIpc) is 2.94. The number of aliphatic carboxylic acids is 1. The number of carboxylic acids is 1. The number of alkyl halides is 3. The highest BCUT2D eigenvalue weighted by Gasteiger charge is 2.38. The fourth-order valence-corrected chi connectivity index (χ4v) is 3.95. The van der Waals surface area contributed by atoms with Gasteiger partial charge in [0.15, 0.2) is 11.5 Å². The molecular formula is C27H34F3N3O6. The summed E-state index contributed by atoms with van der Waals surface area (Å²) in [5, 5.41) is 10.4. The summed E-state index contributed by atoms with van der Waals surface area (Å²) in [6, 6.07) is 15.3. The molecule has 1 fully saturated rings. The maximum atomic E-state index is 13.5. The zero-order valence-corrected chi connectivity index (χ0v) is 22.2. The van der Waals surface area contributed by atoms with Gasteiger partial charge in [0.05, 0.1) is 14.2 Å². The van der Waals surface area contributed by atoms with Crippen LogP contribution in [-0.4, -0.2) is 92.4 Å². The van der Waals surface area contributed by atoms with E-state index in [1.807, 2.05) is 23.1 Å². The van der Waals surface area contributed by atoms with Gasteiger partial charge in [0.1, 0.15) is 0 Å². The summed E-state index contributed by atoms with van der Waals surface area (Å²) in [6.45, 7) is 6.03. The summed E-state index contributed by atoms with van der Waals surface area (Å²) in [6.07, 6.45) is -4.78. The second-order valence-corrected chi connectivity index (χ2v) is 8.82. The Labute approximate surface area is 225 Å². The minimum Gasteiger partial charge on any atom is -0.493 e. The third-order valence-electron chi connectivity index (χ3n) is 6.09. The van der Waals surface area contributed by atoms with E-state index in [4.69, 9.17) is 19.4 Å². The van der Waals surface area contributed by atoms with E-state index >= 15 is 0 Å². The maximum Gasteiger partial charge on any atom is 0.490 e. The predicted octanol–water partition coefficient (Wildman–Crippen LogP) is 3.40. The molecule has 0 bridgehead atoms. The van der Waals surface area contributed by atoms with E-state index in [0.29, 0.717) is 49.7 Å². The summed E-state index contributed by atoms with van der Waals surface area (Å²) >= 11 is 0. The van der Waals surface area contributed by atoms with Gasteiger partial charge in [0.25, 0.3) is 5.91 Å². The van der Waals surface area contributed by atoms with Gasteiger partial charge in [-0.05, 0) is 29.7 Å². The highest BCUT2D eigenvalue weighted by atomic mass is 19.4. The van der Waals surface area contributed by atoms with Gasteiger partial charge < -0.3 is 29.7 Å². The number of halogens is 3. The van der Waals surface area contributed by atoms with Crippen molar-refractivity contribution in [2.24, 2.45) is 0 Å². The Morgan fingerprint density at radius 3 is 2.15 bits per heavy atom. The van der Waals surface area contributed by atoms with Crippen LogP contribution in [-0.2, 0) is 9.59 Å². The van der Waals surface area contributed by atoms with Crippen LogP contribution in [0.25, 0.3) is 0 Å². The van der Waals surface area contributed by atoms with Crippen LogP contribution in [0.3, 0.4) is 0 Å². The molecule has 214 valence electrons. The summed E-state index contributed by atoms with van der Waals surface area (Å²) in [7, 11) is 3.11. The van der Waals surface area contributed by atoms with Crippen LogP contribution in [0.2, 0.25) is 0 Å². The van der Waals surface area contributed by atoms with E-state index in [1.54, 1.807) is 37.3 Å². The lowest BCUT2D eigenvalue weighted by atomic mass is 10.00. The molecule has 2 aromatic carbocycles. The summed E-state index contributed by atoms with van der Waals surface area (Å²) < 4.78 is 42.4. The number of benzene rings is 2. The first-order valence-corrected chi connectivity index (χ1v) is 12.3. The number of methoxy groups -OCH3 is 2. The van der Waals surface area contributed by atoms with Crippen LogP contribution < -0.4 is 14.8 Å². The van der Waals surface area contributed by atoms with Crippen LogP contribution in [0.15, 0.2) is 48.5 Å². The average molecular weight is 554 g/mol. The number of nitrogens with one attached hydrogen (secondary N) is 1. The minimum atomic E-state index is -5.08. The van der Waals surface area contributed by atoms with Crippen molar-refractivity contribution in [3.63, 3.8) is 0 Å². The van der Waals surface area contributed by atoms with Gasteiger partial charge in [-0.15, -0.1) is 0 Å². The van der Waals surface area contributed by atoms with Crippen molar-refractivity contribution in [3.05, 3.63) is 59.7 Å². The van der Waals surface area contributed by atoms with Crippen molar-refractivity contribution in [2.75, 3.05) is 53.5 Å². The van der Waals surface area contributed by atoms with Gasteiger partial charge >= 0.3 is 12.1 Å². The lowest BCUT2D eigenvalue weighted by molar-refractivity contribution is -0.192. The number of rotatable bonds is 9. The molecule has 1 aliphatic heterocycles. The van der Waals surface area contributed by atoms with Crippen molar-refractivity contribution in [1.82, 2.24) is 15.1 Å². The number of carbonyl (C=O) groups excluding carboxylic acids is 2. The highest BCUT2D eigenvalue weighted by Crippen LogP contribution is 2.28. The third kappa shape index (κ3) is 9.78. The Hall–Kier alpha value is -3.80. The first-order chi connectivity index (χ1) is 18.5. The molecule has 1 heterocycles.